The normalized spacial score (nSPS) is 10.4. The molecule has 5 nitrogen and oxygen atoms in total. The maximum Gasteiger partial charge on any atom is 0.250 e. The number of nitrogens with one attached hydrogen (secondary N) is 1. The molecule has 0 atom stereocenters. The number of primary amides is 1. The summed E-state index contributed by atoms with van der Waals surface area (Å²) < 4.78 is 5.19. The van der Waals surface area contributed by atoms with Gasteiger partial charge < -0.3 is 15.8 Å². The summed E-state index contributed by atoms with van der Waals surface area (Å²) in [6.45, 7) is 5.53. The van der Waals surface area contributed by atoms with E-state index in [0.717, 1.165) is 5.56 Å². The van der Waals surface area contributed by atoms with E-state index in [4.69, 9.17) is 10.5 Å². The smallest absolute Gasteiger partial charge is 0.250 e. The van der Waals surface area contributed by atoms with Crippen molar-refractivity contribution in [3.63, 3.8) is 0 Å². The number of rotatable bonds is 5. The molecular weight excluding hydrogens is 232 g/mol. The average molecular weight is 250 g/mol. The van der Waals surface area contributed by atoms with Crippen molar-refractivity contribution in [3.8, 4) is 0 Å². The van der Waals surface area contributed by atoms with Crippen molar-refractivity contribution in [2.75, 3.05) is 11.9 Å². The molecule has 0 saturated carbocycles. The molecule has 0 aliphatic carbocycles. The van der Waals surface area contributed by atoms with Gasteiger partial charge in [-0.3, -0.25) is 9.59 Å². The number of nitrogens with two attached hydrogens (primary N) is 1. The SMILES string of the molecule is Cc1cc(C(N)=O)ccc1NC(=O)COC(C)C. The molecule has 2 amide bonds. The van der Waals surface area contributed by atoms with Gasteiger partial charge in [0.1, 0.15) is 6.61 Å². The topological polar surface area (TPSA) is 81.4 Å². The third-order valence-electron chi connectivity index (χ3n) is 2.33. The van der Waals surface area contributed by atoms with E-state index in [9.17, 15) is 9.59 Å². The summed E-state index contributed by atoms with van der Waals surface area (Å²) in [6.07, 6.45) is 0.00841. The molecule has 0 aliphatic rings. The number of ether oxygens (including phenoxy) is 1. The summed E-state index contributed by atoms with van der Waals surface area (Å²) in [5.41, 5.74) is 7.02. The van der Waals surface area contributed by atoms with E-state index < -0.39 is 5.91 Å². The minimum atomic E-state index is -0.487. The highest BCUT2D eigenvalue weighted by Crippen LogP contribution is 2.16. The van der Waals surface area contributed by atoms with Crippen molar-refractivity contribution in [3.05, 3.63) is 29.3 Å². The molecule has 0 bridgehead atoms. The van der Waals surface area contributed by atoms with Crippen molar-refractivity contribution in [1.82, 2.24) is 0 Å². The lowest BCUT2D eigenvalue weighted by atomic mass is 10.1. The van der Waals surface area contributed by atoms with Gasteiger partial charge in [0.2, 0.25) is 11.8 Å². The van der Waals surface area contributed by atoms with Crippen LogP contribution in [0.4, 0.5) is 5.69 Å². The average Bonchev–Trinajstić information content (AvgIpc) is 2.29. The van der Waals surface area contributed by atoms with Crippen LogP contribution < -0.4 is 11.1 Å². The summed E-state index contributed by atoms with van der Waals surface area (Å²) in [4.78, 5) is 22.5. The van der Waals surface area contributed by atoms with Gasteiger partial charge in [-0.25, -0.2) is 0 Å². The van der Waals surface area contributed by atoms with E-state index in [2.05, 4.69) is 5.32 Å². The first-order valence-electron chi connectivity index (χ1n) is 5.72. The Hall–Kier alpha value is -1.88. The maximum absolute atomic E-state index is 11.6. The Morgan fingerprint density at radius 1 is 1.39 bits per heavy atom. The lowest BCUT2D eigenvalue weighted by Gasteiger charge is -2.11. The third kappa shape index (κ3) is 4.18. The van der Waals surface area contributed by atoms with Crippen molar-refractivity contribution < 1.29 is 14.3 Å². The summed E-state index contributed by atoms with van der Waals surface area (Å²) >= 11 is 0. The Bertz CT molecular complexity index is 456. The lowest BCUT2D eigenvalue weighted by Crippen LogP contribution is -2.21. The molecule has 0 radical (unpaired) electrons. The molecule has 3 N–H and O–H groups in total. The molecule has 18 heavy (non-hydrogen) atoms. The van der Waals surface area contributed by atoms with Gasteiger partial charge in [-0.2, -0.15) is 0 Å². The fourth-order valence-electron chi connectivity index (χ4n) is 1.39. The van der Waals surface area contributed by atoms with Crippen LogP contribution in [0.15, 0.2) is 18.2 Å². The number of carbonyl (C=O) groups excluding carboxylic acids is 2. The van der Waals surface area contributed by atoms with Gasteiger partial charge in [0.25, 0.3) is 0 Å². The van der Waals surface area contributed by atoms with Crippen LogP contribution >= 0.6 is 0 Å². The van der Waals surface area contributed by atoms with Crippen LogP contribution in [0.5, 0.6) is 0 Å². The van der Waals surface area contributed by atoms with E-state index in [1.165, 1.54) is 0 Å². The van der Waals surface area contributed by atoms with Gasteiger partial charge in [0.15, 0.2) is 0 Å². The van der Waals surface area contributed by atoms with Crippen molar-refractivity contribution in [1.29, 1.82) is 0 Å². The highest BCUT2D eigenvalue weighted by molar-refractivity contribution is 5.96. The second-order valence-corrected chi connectivity index (χ2v) is 4.30. The maximum atomic E-state index is 11.6. The molecule has 0 heterocycles. The molecule has 1 aromatic rings. The lowest BCUT2D eigenvalue weighted by molar-refractivity contribution is -0.121. The molecule has 0 spiro atoms. The molecule has 0 aliphatic heterocycles. The summed E-state index contributed by atoms with van der Waals surface area (Å²) in [6, 6.07) is 4.87. The fourth-order valence-corrected chi connectivity index (χ4v) is 1.39. The Kier molecular flexibility index (Phi) is 4.85. The van der Waals surface area contributed by atoms with Crippen LogP contribution in [-0.2, 0) is 9.53 Å². The van der Waals surface area contributed by atoms with Crippen molar-refractivity contribution in [2.45, 2.75) is 26.9 Å². The monoisotopic (exact) mass is 250 g/mol. The summed E-state index contributed by atoms with van der Waals surface area (Å²) in [7, 11) is 0. The molecule has 0 aromatic heterocycles. The first kappa shape index (κ1) is 14.2. The molecule has 1 aromatic carbocycles. The van der Waals surface area contributed by atoms with Gasteiger partial charge >= 0.3 is 0 Å². The standard InChI is InChI=1S/C13H18N2O3/c1-8(2)18-7-12(16)15-11-5-4-10(13(14)17)6-9(11)3/h4-6,8H,7H2,1-3H3,(H2,14,17)(H,15,16). The Morgan fingerprint density at radius 2 is 2.06 bits per heavy atom. The first-order chi connectivity index (χ1) is 8.40. The van der Waals surface area contributed by atoms with Crippen LogP contribution in [0.3, 0.4) is 0 Å². The zero-order valence-electron chi connectivity index (χ0n) is 10.8. The second kappa shape index (κ2) is 6.16. The molecule has 5 heteroatoms. The minimum Gasteiger partial charge on any atom is -0.369 e. The predicted octanol–water partition coefficient (Wildman–Crippen LogP) is 1.46. The molecular formula is C13H18N2O3. The zero-order chi connectivity index (χ0) is 13.7. The molecule has 98 valence electrons. The Labute approximate surface area is 106 Å². The molecule has 0 saturated heterocycles. The number of carbonyl (C=O) groups is 2. The van der Waals surface area contributed by atoms with Gasteiger partial charge in [0.05, 0.1) is 6.10 Å². The second-order valence-electron chi connectivity index (χ2n) is 4.30. The van der Waals surface area contributed by atoms with E-state index in [-0.39, 0.29) is 18.6 Å². The fraction of sp³-hybridized carbons (Fsp3) is 0.385. The van der Waals surface area contributed by atoms with E-state index >= 15 is 0 Å². The summed E-state index contributed by atoms with van der Waals surface area (Å²) in [5.74, 6) is -0.710. The van der Waals surface area contributed by atoms with Crippen LogP contribution in [-0.4, -0.2) is 24.5 Å². The van der Waals surface area contributed by atoms with Gasteiger partial charge in [-0.05, 0) is 44.5 Å². The molecule has 1 rings (SSSR count). The summed E-state index contributed by atoms with van der Waals surface area (Å²) in [5, 5.41) is 2.72. The minimum absolute atomic E-state index is 0.00841. The van der Waals surface area contributed by atoms with E-state index in [1.807, 2.05) is 13.8 Å². The van der Waals surface area contributed by atoms with Crippen LogP contribution in [0, 0.1) is 6.92 Å². The highest BCUT2D eigenvalue weighted by atomic mass is 16.5. The number of hydrogen-bond acceptors (Lipinski definition) is 3. The van der Waals surface area contributed by atoms with Gasteiger partial charge in [0, 0.05) is 11.3 Å². The number of hydrogen-bond donors (Lipinski definition) is 2. The molecule has 0 fully saturated rings. The van der Waals surface area contributed by atoms with Crippen LogP contribution in [0.2, 0.25) is 0 Å². The molecule has 0 unspecified atom stereocenters. The highest BCUT2D eigenvalue weighted by Gasteiger charge is 2.08. The Balaban J connectivity index is 2.68. The van der Waals surface area contributed by atoms with Gasteiger partial charge in [-0.15, -0.1) is 0 Å². The number of amides is 2. The van der Waals surface area contributed by atoms with Gasteiger partial charge in [-0.1, -0.05) is 0 Å². The third-order valence-corrected chi connectivity index (χ3v) is 2.33. The number of anilines is 1. The van der Waals surface area contributed by atoms with E-state index in [1.54, 1.807) is 25.1 Å². The van der Waals surface area contributed by atoms with Crippen LogP contribution in [0.25, 0.3) is 0 Å². The number of aryl methyl sites for hydroxylation is 1. The van der Waals surface area contributed by atoms with Crippen LogP contribution in [0.1, 0.15) is 29.8 Å². The van der Waals surface area contributed by atoms with E-state index in [0.29, 0.717) is 11.3 Å². The predicted molar refractivity (Wildman–Crippen MR) is 69.4 cm³/mol. The quantitative estimate of drug-likeness (QED) is 0.830. The van der Waals surface area contributed by atoms with Crippen molar-refractivity contribution >= 4 is 17.5 Å². The Morgan fingerprint density at radius 3 is 2.56 bits per heavy atom. The zero-order valence-corrected chi connectivity index (χ0v) is 10.8. The number of benzene rings is 1. The largest absolute Gasteiger partial charge is 0.369 e. The van der Waals surface area contributed by atoms with Crippen molar-refractivity contribution in [2.24, 2.45) is 5.73 Å². The first-order valence-corrected chi connectivity index (χ1v) is 5.72.